The van der Waals surface area contributed by atoms with Crippen LogP contribution >= 0.6 is 22.9 Å². The molecule has 2 aromatic carbocycles. The van der Waals surface area contributed by atoms with Gasteiger partial charge < -0.3 is 0 Å². The summed E-state index contributed by atoms with van der Waals surface area (Å²) in [6, 6.07) is 21.1. The standard InChI is InChI=1S/C16H11ClIS/c17-14-8-6-12(7-9-14)13-10-16(19-11-13)18-15-4-2-1-3-5-15/h1-11H/q+1. The van der Waals surface area contributed by atoms with E-state index in [2.05, 4.69) is 53.9 Å². The minimum atomic E-state index is -0.0564. The first kappa shape index (κ1) is 13.2. The predicted octanol–water partition coefficient (Wildman–Crippen LogP) is 2.20. The lowest BCUT2D eigenvalue weighted by atomic mass is 10.1. The Hall–Kier alpha value is -0.840. The zero-order valence-corrected chi connectivity index (χ0v) is 13.7. The molecule has 3 rings (SSSR count). The van der Waals surface area contributed by atoms with Crippen LogP contribution in [0, 0.1) is 6.45 Å². The third-order valence-electron chi connectivity index (χ3n) is 2.68. The number of rotatable bonds is 3. The summed E-state index contributed by atoms with van der Waals surface area (Å²) in [5.41, 5.74) is 2.54. The zero-order valence-electron chi connectivity index (χ0n) is 10.0. The summed E-state index contributed by atoms with van der Waals surface area (Å²) in [6.07, 6.45) is 0. The van der Waals surface area contributed by atoms with Crippen LogP contribution in [-0.2, 0) is 0 Å². The van der Waals surface area contributed by atoms with Crippen molar-refractivity contribution in [1.29, 1.82) is 0 Å². The van der Waals surface area contributed by atoms with E-state index in [0.717, 1.165) is 5.02 Å². The molecule has 0 spiro atoms. The maximum Gasteiger partial charge on any atom is 0.369 e. The van der Waals surface area contributed by atoms with Gasteiger partial charge in [-0.3, -0.25) is 0 Å². The van der Waals surface area contributed by atoms with Crippen LogP contribution in [0.4, 0.5) is 0 Å². The van der Waals surface area contributed by atoms with Gasteiger partial charge in [0.05, 0.1) is 0 Å². The van der Waals surface area contributed by atoms with Crippen LogP contribution in [0.1, 0.15) is 0 Å². The molecule has 0 bridgehead atoms. The fourth-order valence-electron chi connectivity index (χ4n) is 1.74. The Morgan fingerprint density at radius 2 is 1.58 bits per heavy atom. The Labute approximate surface area is 132 Å². The van der Waals surface area contributed by atoms with Crippen molar-refractivity contribution in [2.75, 3.05) is 0 Å². The molecule has 0 unspecified atom stereocenters. The summed E-state index contributed by atoms with van der Waals surface area (Å²) in [6.45, 7) is 0. The largest absolute Gasteiger partial charge is 0.369 e. The lowest BCUT2D eigenvalue weighted by molar-refractivity contribution is -0.591. The molecular weight excluding hydrogens is 387 g/mol. The fraction of sp³-hybridized carbons (Fsp3) is 0. The van der Waals surface area contributed by atoms with E-state index in [1.54, 1.807) is 0 Å². The molecule has 3 heteroatoms. The van der Waals surface area contributed by atoms with Crippen molar-refractivity contribution in [2.45, 2.75) is 0 Å². The van der Waals surface area contributed by atoms with Crippen LogP contribution < -0.4 is 21.2 Å². The van der Waals surface area contributed by atoms with Gasteiger partial charge in [-0.25, -0.2) is 0 Å². The molecule has 0 aliphatic rings. The smallest absolute Gasteiger partial charge is 0.0956 e. The second-order valence-corrected chi connectivity index (χ2v) is 9.06. The molecule has 0 amide bonds. The van der Waals surface area contributed by atoms with E-state index in [9.17, 15) is 0 Å². The third-order valence-corrected chi connectivity index (χ3v) is 7.11. The average molecular weight is 398 g/mol. The SMILES string of the molecule is Clc1ccc(-c2csc([I+]c3ccccc3)c2)cc1. The summed E-state index contributed by atoms with van der Waals surface area (Å²) >= 11 is 7.72. The molecule has 19 heavy (non-hydrogen) atoms. The number of hydrogen-bond acceptors (Lipinski definition) is 1. The highest BCUT2D eigenvalue weighted by Gasteiger charge is 2.17. The van der Waals surface area contributed by atoms with Gasteiger partial charge in [0.2, 0.25) is 2.88 Å². The van der Waals surface area contributed by atoms with Gasteiger partial charge in [0.15, 0.2) is 3.57 Å². The van der Waals surface area contributed by atoms with Gasteiger partial charge >= 0.3 is 21.2 Å². The Balaban J connectivity index is 1.82. The van der Waals surface area contributed by atoms with Gasteiger partial charge in [-0.05, 0) is 35.4 Å². The molecule has 0 fully saturated rings. The van der Waals surface area contributed by atoms with E-state index < -0.39 is 0 Å². The molecule has 0 aliphatic carbocycles. The molecule has 0 radical (unpaired) electrons. The van der Waals surface area contributed by atoms with E-state index in [-0.39, 0.29) is 21.2 Å². The summed E-state index contributed by atoms with van der Waals surface area (Å²) in [5.74, 6) is 0. The summed E-state index contributed by atoms with van der Waals surface area (Å²) in [5, 5.41) is 3.03. The second kappa shape index (κ2) is 6.07. The van der Waals surface area contributed by atoms with Gasteiger partial charge in [-0.15, -0.1) is 0 Å². The second-order valence-electron chi connectivity index (χ2n) is 4.04. The quantitative estimate of drug-likeness (QED) is 0.595. The number of thiophene rings is 1. The molecule has 1 aromatic heterocycles. The van der Waals surface area contributed by atoms with Crippen LogP contribution in [0.2, 0.25) is 5.02 Å². The molecule has 0 N–H and O–H groups in total. The first-order valence-corrected chi connectivity index (χ1v) is 9.27. The first-order chi connectivity index (χ1) is 9.31. The third kappa shape index (κ3) is 3.38. The Kier molecular flexibility index (Phi) is 4.21. The lowest BCUT2D eigenvalue weighted by Crippen LogP contribution is -3.61. The first-order valence-electron chi connectivity index (χ1n) is 5.85. The molecule has 94 valence electrons. The van der Waals surface area contributed by atoms with Crippen LogP contribution in [0.25, 0.3) is 11.1 Å². The van der Waals surface area contributed by atoms with Crippen LogP contribution in [-0.4, -0.2) is 0 Å². The van der Waals surface area contributed by atoms with Crippen LogP contribution in [0.15, 0.2) is 66.0 Å². The Morgan fingerprint density at radius 1 is 0.842 bits per heavy atom. The van der Waals surface area contributed by atoms with Crippen LogP contribution in [0.3, 0.4) is 0 Å². The Bertz CT molecular complexity index is 659. The van der Waals surface area contributed by atoms with E-state index in [1.165, 1.54) is 17.6 Å². The zero-order chi connectivity index (χ0) is 13.1. The van der Waals surface area contributed by atoms with Crippen LogP contribution in [0.5, 0.6) is 0 Å². The summed E-state index contributed by atoms with van der Waals surface area (Å²) in [4.78, 5) is 0. The highest BCUT2D eigenvalue weighted by molar-refractivity contribution is 7.07. The highest BCUT2D eigenvalue weighted by Crippen LogP contribution is 2.23. The maximum absolute atomic E-state index is 5.92. The van der Waals surface area contributed by atoms with Crippen molar-refractivity contribution in [3.05, 3.63) is 77.5 Å². The molecule has 1 heterocycles. The van der Waals surface area contributed by atoms with E-state index in [1.807, 2.05) is 23.5 Å². The van der Waals surface area contributed by atoms with Crippen molar-refractivity contribution < 1.29 is 21.2 Å². The molecule has 0 nitrogen and oxygen atoms in total. The maximum atomic E-state index is 5.92. The van der Waals surface area contributed by atoms with Crippen molar-refractivity contribution in [2.24, 2.45) is 0 Å². The Morgan fingerprint density at radius 3 is 2.32 bits per heavy atom. The summed E-state index contributed by atoms with van der Waals surface area (Å²) < 4.78 is 2.96. The molecular formula is C16H11ClIS+. The van der Waals surface area contributed by atoms with Gasteiger partial charge in [0.1, 0.15) is 0 Å². The molecule has 0 atom stereocenters. The molecule has 0 saturated carbocycles. The molecule has 3 aromatic rings. The minimum Gasteiger partial charge on any atom is -0.0956 e. The molecule has 0 aliphatic heterocycles. The van der Waals surface area contributed by atoms with E-state index >= 15 is 0 Å². The van der Waals surface area contributed by atoms with Gasteiger partial charge in [0.25, 0.3) is 0 Å². The summed E-state index contributed by atoms with van der Waals surface area (Å²) in [7, 11) is 0. The number of halogens is 2. The fourth-order valence-corrected chi connectivity index (χ4v) is 5.79. The van der Waals surface area contributed by atoms with E-state index in [4.69, 9.17) is 11.6 Å². The number of benzene rings is 2. The minimum absolute atomic E-state index is 0.0564. The lowest BCUT2D eigenvalue weighted by Gasteiger charge is -1.95. The normalized spacial score (nSPS) is 10.6. The highest BCUT2D eigenvalue weighted by atomic mass is 127. The average Bonchev–Trinajstić information content (AvgIpc) is 2.89. The van der Waals surface area contributed by atoms with Crippen molar-refractivity contribution >= 4 is 22.9 Å². The molecule has 0 saturated heterocycles. The van der Waals surface area contributed by atoms with Crippen molar-refractivity contribution in [3.63, 3.8) is 0 Å². The van der Waals surface area contributed by atoms with Crippen molar-refractivity contribution in [3.8, 4) is 11.1 Å². The van der Waals surface area contributed by atoms with Gasteiger partial charge in [-0.1, -0.05) is 53.3 Å². The van der Waals surface area contributed by atoms with Gasteiger partial charge in [0, 0.05) is 16.5 Å². The van der Waals surface area contributed by atoms with Crippen molar-refractivity contribution in [1.82, 2.24) is 0 Å². The van der Waals surface area contributed by atoms with E-state index in [0.29, 0.717) is 0 Å². The topological polar surface area (TPSA) is 0 Å². The van der Waals surface area contributed by atoms with Gasteiger partial charge in [-0.2, -0.15) is 0 Å². The number of hydrogen-bond donors (Lipinski definition) is 0. The monoisotopic (exact) mass is 397 g/mol. The predicted molar refractivity (Wildman–Crippen MR) is 78.6 cm³/mol.